The molecule has 0 unspecified atom stereocenters. The second-order valence-electron chi connectivity index (χ2n) is 22.8. The van der Waals surface area contributed by atoms with Crippen molar-refractivity contribution in [3.05, 3.63) is 275 Å². The molecule has 4 aliphatic heterocycles. The summed E-state index contributed by atoms with van der Waals surface area (Å²) in [6, 6.07) is 72.3. The largest absolute Gasteiger partial charge is 2.00 e. The molecule has 12 nitrogen and oxygen atoms in total. The van der Waals surface area contributed by atoms with Gasteiger partial charge in [0.05, 0.1) is 69.9 Å². The van der Waals surface area contributed by atoms with Crippen molar-refractivity contribution in [1.82, 2.24) is 39.9 Å². The maximum absolute atomic E-state index is 13.0. The Labute approximate surface area is 578 Å². The van der Waals surface area contributed by atoms with Crippen molar-refractivity contribution >= 4 is 105 Å². The van der Waals surface area contributed by atoms with Crippen LogP contribution in [0.15, 0.2) is 218 Å². The number of fused-ring (bicyclic) bond motifs is 16. The maximum Gasteiger partial charge on any atom is 2.00 e. The average Bonchev–Trinajstić information content (AvgIpc) is 1.58. The summed E-state index contributed by atoms with van der Waals surface area (Å²) in [7, 11) is 0. The van der Waals surface area contributed by atoms with E-state index in [1.165, 1.54) is 0 Å². The van der Waals surface area contributed by atoms with Crippen LogP contribution in [0.2, 0.25) is 0 Å². The molecule has 96 heavy (non-hydrogen) atoms. The van der Waals surface area contributed by atoms with Crippen molar-refractivity contribution in [2.45, 2.75) is 13.8 Å². The Kier molecular flexibility index (Phi) is 17.2. The first-order chi connectivity index (χ1) is 46.3. The van der Waals surface area contributed by atoms with Crippen molar-refractivity contribution in [3.8, 4) is 77.9 Å². The van der Waals surface area contributed by atoms with Crippen molar-refractivity contribution in [3.63, 3.8) is 0 Å². The number of ether oxygens (including phenoxy) is 2. The van der Waals surface area contributed by atoms with E-state index in [4.69, 9.17) is 49.3 Å². The topological polar surface area (TPSA) is 161 Å². The van der Waals surface area contributed by atoms with Crippen LogP contribution in [0.3, 0.4) is 0 Å². The van der Waals surface area contributed by atoms with Gasteiger partial charge in [0, 0.05) is 0 Å². The van der Waals surface area contributed by atoms with Crippen LogP contribution in [0.25, 0.3) is 171 Å². The van der Waals surface area contributed by atoms with Crippen LogP contribution in [-0.2, 0) is 48.4 Å². The van der Waals surface area contributed by atoms with E-state index >= 15 is 0 Å². The van der Waals surface area contributed by atoms with Crippen LogP contribution in [0.1, 0.15) is 80.1 Å². The summed E-state index contributed by atoms with van der Waals surface area (Å²) in [4.78, 5) is 70.1. The van der Waals surface area contributed by atoms with Gasteiger partial charge < -0.3 is 29.4 Å². The quantitative estimate of drug-likeness (QED) is 0.0892. The number of carbonyl (C=O) groups is 2. The van der Waals surface area contributed by atoms with Crippen molar-refractivity contribution in [2.24, 2.45) is 0 Å². The summed E-state index contributed by atoms with van der Waals surface area (Å²) in [5, 5.41) is 0. The van der Waals surface area contributed by atoms with Crippen molar-refractivity contribution < 1.29 is 58.0 Å². The molecule has 0 N–H and O–H groups in total. The van der Waals surface area contributed by atoms with Gasteiger partial charge in [-0.3, -0.25) is 0 Å². The van der Waals surface area contributed by atoms with Gasteiger partial charge in [0.25, 0.3) is 0 Å². The predicted molar refractivity (Wildman–Crippen MR) is 377 cm³/mol. The molecular formula is C82H54N8O4Zn2. The van der Waals surface area contributed by atoms with Gasteiger partial charge in [0.1, 0.15) is 0 Å². The van der Waals surface area contributed by atoms with Gasteiger partial charge in [-0.25, -0.2) is 29.5 Å². The van der Waals surface area contributed by atoms with Crippen LogP contribution in [-0.4, -0.2) is 45.1 Å². The molecule has 4 aliphatic rings. The molecule has 10 heterocycles. The number of benzene rings is 6. The molecule has 0 spiro atoms. The Morgan fingerprint density at radius 1 is 0.302 bits per heavy atom. The van der Waals surface area contributed by atoms with E-state index in [1.54, 1.807) is 38.1 Å². The van der Waals surface area contributed by atoms with Gasteiger partial charge in [0.2, 0.25) is 0 Å². The minimum Gasteiger partial charge on any atom is -0.657 e. The zero-order chi connectivity index (χ0) is 63.2. The van der Waals surface area contributed by atoms with Crippen LogP contribution >= 0.6 is 0 Å². The molecule has 0 aliphatic carbocycles. The molecule has 0 amide bonds. The molecule has 16 rings (SSSR count). The van der Waals surface area contributed by atoms with Gasteiger partial charge in [-0.1, -0.05) is 194 Å². The monoisotopic (exact) mass is 1340 g/mol. The summed E-state index contributed by atoms with van der Waals surface area (Å²) < 4.78 is 10.8. The third-order valence-electron chi connectivity index (χ3n) is 17.1. The Morgan fingerprint density at radius 2 is 0.583 bits per heavy atom. The first-order valence-corrected chi connectivity index (χ1v) is 31.2. The smallest absolute Gasteiger partial charge is 0.657 e. The van der Waals surface area contributed by atoms with E-state index < -0.39 is 11.9 Å². The number of aromatic nitrogens is 8. The summed E-state index contributed by atoms with van der Waals surface area (Å²) in [5.41, 5.74) is 23.9. The molecular weight excluding hydrogens is 1290 g/mol. The molecule has 0 atom stereocenters. The second kappa shape index (κ2) is 26.6. The number of carbonyl (C=O) groups excluding carboxylic acids is 2. The third-order valence-corrected chi connectivity index (χ3v) is 17.1. The zero-order valence-corrected chi connectivity index (χ0v) is 58.4. The summed E-state index contributed by atoms with van der Waals surface area (Å²) in [6.45, 7) is 4.10. The molecule has 6 aromatic carbocycles. The summed E-state index contributed by atoms with van der Waals surface area (Å²) in [6.07, 6.45) is 16.3. The Balaban J connectivity index is 0.00000396. The number of rotatable bonds is 11. The Bertz CT molecular complexity index is 5450. The minimum absolute atomic E-state index is 0. The average molecular weight is 1350 g/mol. The Morgan fingerprint density at radius 3 is 0.938 bits per heavy atom. The van der Waals surface area contributed by atoms with Crippen LogP contribution in [0, 0.1) is 0 Å². The minimum atomic E-state index is -0.405. The van der Waals surface area contributed by atoms with Gasteiger partial charge in [-0.15, -0.1) is 44.1 Å². The van der Waals surface area contributed by atoms with Crippen LogP contribution < -0.4 is 19.9 Å². The molecule has 450 valence electrons. The SMILES string of the molecule is CCOC(=O)c1ccc(-c2c3nc(c(-c4ccccc4-c4c5nc(c(-c6ccccc6)c6ccc([n-]6)c(-c6ccccc6)c6nc(c(-c7ccccc7)c7ccc4[n-]7)C=C6)C=C5)c4ccc([n-]4)c(-c4ccc(C(=O)OCC)cc4)c4nc(cc5ccc2[n-]5)C=C4)C=C3)cc1.[Zn+2].[Zn+2]. The van der Waals surface area contributed by atoms with Gasteiger partial charge in [0.15, 0.2) is 0 Å². The number of nitrogens with zero attached hydrogens (tertiary/aromatic N) is 8. The molecule has 12 aromatic rings. The van der Waals surface area contributed by atoms with Crippen LogP contribution in [0.5, 0.6) is 0 Å². The summed E-state index contributed by atoms with van der Waals surface area (Å²) >= 11 is 0. The fourth-order valence-electron chi connectivity index (χ4n) is 12.8. The van der Waals surface area contributed by atoms with Gasteiger partial charge in [-0.2, -0.15) is 0 Å². The fourth-order valence-corrected chi connectivity index (χ4v) is 12.8. The molecule has 6 aromatic heterocycles. The first-order valence-electron chi connectivity index (χ1n) is 31.2. The zero-order valence-electron chi connectivity index (χ0n) is 52.4. The summed E-state index contributed by atoms with van der Waals surface area (Å²) in [5.74, 6) is -0.809. The molecule has 16 bridgehead atoms. The molecule has 14 heteroatoms. The van der Waals surface area contributed by atoms with E-state index in [0.29, 0.717) is 67.2 Å². The van der Waals surface area contributed by atoms with E-state index in [0.717, 1.165) is 112 Å². The van der Waals surface area contributed by atoms with Crippen molar-refractivity contribution in [2.75, 3.05) is 13.2 Å². The van der Waals surface area contributed by atoms with E-state index in [2.05, 4.69) is 97.1 Å². The number of hydrogen-bond donors (Lipinski definition) is 0. The number of esters is 2. The first kappa shape index (κ1) is 62.2. The van der Waals surface area contributed by atoms with Gasteiger partial charge >= 0.3 is 50.9 Å². The van der Waals surface area contributed by atoms with Crippen LogP contribution in [0.4, 0.5) is 0 Å². The van der Waals surface area contributed by atoms with E-state index in [1.807, 2.05) is 146 Å². The standard InChI is InChI=1S/C82H56N8O4.2Zn/c1-3-93-81(91)54-28-24-52(25-29-54)77-60-34-32-56(83-60)48-57-33-35-61(84-57)78(53-26-30-55(31-27-53)82(92)94-4-2)69-43-47-73(90-69)80(72-46-42-68(77)89-72)59-23-15-14-22-58(59)79-70-44-40-66(87-70)75(50-18-10-6-11-19-50)64-38-36-62(85-64)74(49-16-8-5-9-17-49)63-37-39-65(86-63)76(51-20-12-7-13-21-51)67-41-45-71(79)88-67;;/h5-48H,3-4H2,1-2H3,(H2-2,83,84,85,86,87,88,89,90,91,92);;/q-2;2*+2/p-2. The molecule has 0 saturated heterocycles. The maximum atomic E-state index is 13.0. The second-order valence-corrected chi connectivity index (χ2v) is 22.8. The number of hydrogen-bond acceptors (Lipinski definition) is 8. The van der Waals surface area contributed by atoms with E-state index in [-0.39, 0.29) is 52.2 Å². The molecule has 0 radical (unpaired) electrons. The predicted octanol–water partition coefficient (Wildman–Crippen LogP) is 18.2. The molecule has 0 fully saturated rings. The van der Waals surface area contributed by atoms with E-state index in [9.17, 15) is 9.59 Å². The molecule has 0 saturated carbocycles. The fraction of sp³-hybridized carbons (Fsp3) is 0.0488. The Hall–Kier alpha value is -11.3. The third kappa shape index (κ3) is 11.6. The van der Waals surface area contributed by atoms with Gasteiger partial charge in [-0.05, 0) is 165 Å². The normalized spacial score (nSPS) is 11.9. The van der Waals surface area contributed by atoms with Crippen molar-refractivity contribution in [1.29, 1.82) is 0 Å².